The van der Waals surface area contributed by atoms with Gasteiger partial charge in [0.25, 0.3) is 0 Å². The Balaban J connectivity index is 2.63. The van der Waals surface area contributed by atoms with Crippen LogP contribution in [0, 0.1) is 11.3 Å². The third-order valence-electron chi connectivity index (χ3n) is 1.62. The van der Waals surface area contributed by atoms with Crippen LogP contribution in [-0.4, -0.2) is 18.6 Å². The zero-order valence-corrected chi connectivity index (χ0v) is 9.36. The molecule has 4 heteroatoms. The molecule has 74 valence electrons. The molecule has 0 spiro atoms. The van der Waals surface area contributed by atoms with E-state index in [1.54, 1.807) is 30.0 Å². The lowest BCUT2D eigenvalue weighted by Crippen LogP contribution is -1.99. The topological polar surface area (TPSA) is 33.0 Å². The summed E-state index contributed by atoms with van der Waals surface area (Å²) in [4.78, 5) is 0. The molecule has 0 amide bonds. The van der Waals surface area contributed by atoms with Crippen molar-refractivity contribution in [3.8, 4) is 11.8 Å². The van der Waals surface area contributed by atoms with Gasteiger partial charge in [-0.15, -0.1) is 0 Å². The third kappa shape index (κ3) is 3.13. The lowest BCUT2D eigenvalue weighted by Gasteiger charge is -2.05. The van der Waals surface area contributed by atoms with Crippen LogP contribution in [0.4, 0.5) is 0 Å². The zero-order valence-electron chi connectivity index (χ0n) is 7.79. The third-order valence-corrected chi connectivity index (χ3v) is 2.50. The fourth-order valence-corrected chi connectivity index (χ4v) is 1.38. The summed E-state index contributed by atoms with van der Waals surface area (Å²) in [7, 11) is 0. The van der Waals surface area contributed by atoms with E-state index in [4.69, 9.17) is 21.6 Å². The van der Waals surface area contributed by atoms with Crippen LogP contribution in [0.3, 0.4) is 0 Å². The zero-order chi connectivity index (χ0) is 10.4. The predicted octanol–water partition coefficient (Wildman–Crippen LogP) is 2.95. The molecule has 0 atom stereocenters. The maximum absolute atomic E-state index is 8.64. The van der Waals surface area contributed by atoms with Gasteiger partial charge in [0, 0.05) is 11.8 Å². The molecule has 0 bridgehead atoms. The Kier molecular flexibility index (Phi) is 4.64. The van der Waals surface area contributed by atoms with Gasteiger partial charge in [-0.1, -0.05) is 11.6 Å². The largest absolute Gasteiger partial charge is 0.493 e. The van der Waals surface area contributed by atoms with Crippen molar-refractivity contribution in [3.63, 3.8) is 0 Å². The summed E-state index contributed by atoms with van der Waals surface area (Å²) >= 11 is 7.56. The summed E-state index contributed by atoms with van der Waals surface area (Å²) in [5, 5.41) is 9.08. The van der Waals surface area contributed by atoms with E-state index in [0.29, 0.717) is 22.9 Å². The molecule has 0 heterocycles. The van der Waals surface area contributed by atoms with Gasteiger partial charge < -0.3 is 4.74 Å². The lowest BCUT2D eigenvalue weighted by atomic mass is 10.2. The molecule has 1 rings (SSSR count). The molecule has 0 radical (unpaired) electrons. The van der Waals surface area contributed by atoms with Crippen molar-refractivity contribution < 1.29 is 4.74 Å². The summed E-state index contributed by atoms with van der Waals surface area (Å²) in [5.74, 6) is 1.65. The second-order valence-electron chi connectivity index (χ2n) is 2.59. The molecule has 0 unspecified atom stereocenters. The Morgan fingerprint density at radius 1 is 1.57 bits per heavy atom. The highest BCUT2D eigenvalue weighted by Gasteiger charge is 2.01. The van der Waals surface area contributed by atoms with Gasteiger partial charge >= 0.3 is 0 Å². The van der Waals surface area contributed by atoms with E-state index in [-0.39, 0.29) is 0 Å². The molecule has 1 aromatic carbocycles. The molecular weight excluding hydrogens is 218 g/mol. The van der Waals surface area contributed by atoms with Crippen molar-refractivity contribution in [2.45, 2.75) is 0 Å². The van der Waals surface area contributed by atoms with E-state index < -0.39 is 0 Å². The van der Waals surface area contributed by atoms with Crippen LogP contribution in [0.1, 0.15) is 5.56 Å². The van der Waals surface area contributed by atoms with Gasteiger partial charge in [0.05, 0.1) is 17.2 Å². The summed E-state index contributed by atoms with van der Waals surface area (Å²) in [6.45, 7) is 0.656. The summed E-state index contributed by atoms with van der Waals surface area (Å²) < 4.78 is 5.41. The van der Waals surface area contributed by atoms with Crippen LogP contribution in [0.15, 0.2) is 18.2 Å². The Morgan fingerprint density at radius 3 is 2.93 bits per heavy atom. The van der Waals surface area contributed by atoms with Gasteiger partial charge in [-0.3, -0.25) is 0 Å². The first-order valence-electron chi connectivity index (χ1n) is 4.09. The van der Waals surface area contributed by atoms with E-state index >= 15 is 0 Å². The molecule has 2 nitrogen and oxygen atoms in total. The summed E-state index contributed by atoms with van der Waals surface area (Å²) in [6.07, 6.45) is 2.02. The molecule has 0 aliphatic carbocycles. The Morgan fingerprint density at radius 2 is 2.36 bits per heavy atom. The lowest BCUT2D eigenvalue weighted by molar-refractivity contribution is 0.344. The van der Waals surface area contributed by atoms with Crippen LogP contribution in [0.5, 0.6) is 5.75 Å². The number of thioether (sulfide) groups is 1. The van der Waals surface area contributed by atoms with E-state index in [0.717, 1.165) is 5.75 Å². The van der Waals surface area contributed by atoms with Crippen molar-refractivity contribution in [1.82, 2.24) is 0 Å². The minimum atomic E-state index is 0.439. The number of hydrogen-bond acceptors (Lipinski definition) is 3. The molecule has 0 fully saturated rings. The summed E-state index contributed by atoms with van der Waals surface area (Å²) in [6, 6.07) is 7.08. The number of halogens is 1. The number of rotatable bonds is 4. The standard InChI is InChI=1S/C10H10ClNOS/c1-14-5-4-13-9-3-2-8(7-12)10(11)6-9/h2-3,6H,4-5H2,1H3. The normalized spacial score (nSPS) is 9.50. The predicted molar refractivity (Wildman–Crippen MR) is 60.0 cm³/mol. The monoisotopic (exact) mass is 227 g/mol. The highest BCUT2D eigenvalue weighted by molar-refractivity contribution is 7.98. The number of nitrogens with zero attached hydrogens (tertiary/aromatic N) is 1. The van der Waals surface area contributed by atoms with Crippen LogP contribution < -0.4 is 4.74 Å². The fraction of sp³-hybridized carbons (Fsp3) is 0.300. The summed E-state index contributed by atoms with van der Waals surface area (Å²) in [5.41, 5.74) is 0.476. The van der Waals surface area contributed by atoms with Crippen molar-refractivity contribution in [1.29, 1.82) is 5.26 Å². The SMILES string of the molecule is CSCCOc1ccc(C#N)c(Cl)c1. The molecule has 0 N–H and O–H groups in total. The van der Waals surface area contributed by atoms with Crippen molar-refractivity contribution in [3.05, 3.63) is 28.8 Å². The van der Waals surface area contributed by atoms with Gasteiger partial charge in [0.2, 0.25) is 0 Å². The second kappa shape index (κ2) is 5.79. The number of benzene rings is 1. The Bertz CT molecular complexity index is 348. The molecule has 0 aliphatic heterocycles. The van der Waals surface area contributed by atoms with Gasteiger partial charge in [-0.25, -0.2) is 0 Å². The molecule has 0 saturated carbocycles. The number of nitriles is 1. The van der Waals surface area contributed by atoms with Crippen LogP contribution in [0.25, 0.3) is 0 Å². The Hall–Kier alpha value is -0.850. The maximum Gasteiger partial charge on any atom is 0.120 e. The van der Waals surface area contributed by atoms with E-state index in [1.807, 2.05) is 12.3 Å². The highest BCUT2D eigenvalue weighted by atomic mass is 35.5. The van der Waals surface area contributed by atoms with Crippen LogP contribution in [-0.2, 0) is 0 Å². The van der Waals surface area contributed by atoms with Crippen molar-refractivity contribution in [2.24, 2.45) is 0 Å². The molecule has 14 heavy (non-hydrogen) atoms. The molecule has 0 aliphatic rings. The smallest absolute Gasteiger partial charge is 0.120 e. The average molecular weight is 228 g/mol. The van der Waals surface area contributed by atoms with Crippen molar-refractivity contribution >= 4 is 23.4 Å². The molecule has 0 saturated heterocycles. The number of ether oxygens (including phenoxy) is 1. The van der Waals surface area contributed by atoms with Gasteiger partial charge in [0.15, 0.2) is 0 Å². The quantitative estimate of drug-likeness (QED) is 0.742. The molecule has 0 aromatic heterocycles. The van der Waals surface area contributed by atoms with Gasteiger partial charge in [-0.2, -0.15) is 17.0 Å². The molecular formula is C10H10ClNOS. The van der Waals surface area contributed by atoms with Gasteiger partial charge in [0.1, 0.15) is 11.8 Å². The Labute approximate surface area is 92.8 Å². The van der Waals surface area contributed by atoms with E-state index in [2.05, 4.69) is 0 Å². The van der Waals surface area contributed by atoms with Crippen LogP contribution in [0.2, 0.25) is 5.02 Å². The minimum absolute atomic E-state index is 0.439. The first-order valence-corrected chi connectivity index (χ1v) is 5.86. The molecule has 1 aromatic rings. The number of hydrogen-bond donors (Lipinski definition) is 0. The second-order valence-corrected chi connectivity index (χ2v) is 3.99. The first kappa shape index (κ1) is 11.2. The highest BCUT2D eigenvalue weighted by Crippen LogP contribution is 2.21. The van der Waals surface area contributed by atoms with E-state index in [1.165, 1.54) is 0 Å². The van der Waals surface area contributed by atoms with Gasteiger partial charge in [-0.05, 0) is 18.4 Å². The fourth-order valence-electron chi connectivity index (χ4n) is 0.919. The van der Waals surface area contributed by atoms with E-state index in [9.17, 15) is 0 Å². The maximum atomic E-state index is 8.64. The minimum Gasteiger partial charge on any atom is -0.493 e. The van der Waals surface area contributed by atoms with Crippen molar-refractivity contribution in [2.75, 3.05) is 18.6 Å². The van der Waals surface area contributed by atoms with Crippen LogP contribution >= 0.6 is 23.4 Å². The first-order chi connectivity index (χ1) is 6.77. The average Bonchev–Trinajstić information content (AvgIpc) is 2.18.